The zero-order valence-electron chi connectivity index (χ0n) is 22.0. The molecule has 0 aromatic rings. The topological polar surface area (TPSA) is 105 Å². The molecule has 3 unspecified atom stereocenters. The largest absolute Gasteiger partial charge is 0.458 e. The third-order valence-electron chi connectivity index (χ3n) is 12.0. The molecule has 202 valence electrons. The van der Waals surface area contributed by atoms with Crippen molar-refractivity contribution in [3.8, 4) is 0 Å². The number of fused-ring (bicyclic) bond motifs is 5. The molecule has 5 fully saturated rings. The summed E-state index contributed by atoms with van der Waals surface area (Å²) in [6.07, 6.45) is 8.64. The first-order valence-corrected chi connectivity index (χ1v) is 14.3. The molecule has 0 amide bonds. The van der Waals surface area contributed by atoms with Gasteiger partial charge in [-0.3, -0.25) is 0 Å². The van der Waals surface area contributed by atoms with Crippen LogP contribution in [0.3, 0.4) is 0 Å². The molecule has 4 saturated carbocycles. The standard InChI is InChI=1S/C29H44O7/c1-16-26(32)23(30)14-25(35-16)36-19-6-9-27(2)18(13-19)4-5-22-21(27)7-10-28(3)20(8-11-29(22,28)33)17-12-24(31)34-15-17/h12,16,18-23,25-26,30,32-33H,4-11,13-15H2,1-3H3/t16?,18-,19+,20-,21?,22?,23-,25+,26+,27+,28-,29+/m1/s1. The van der Waals surface area contributed by atoms with Crippen LogP contribution in [0.15, 0.2) is 11.6 Å². The van der Waals surface area contributed by atoms with Crippen molar-refractivity contribution in [3.05, 3.63) is 11.6 Å². The molecule has 0 aromatic carbocycles. The summed E-state index contributed by atoms with van der Waals surface area (Å²) in [5.41, 5.74) is 0.404. The molecule has 36 heavy (non-hydrogen) atoms. The smallest absolute Gasteiger partial charge is 0.331 e. The molecule has 2 aliphatic heterocycles. The zero-order valence-corrected chi connectivity index (χ0v) is 22.0. The molecule has 7 nitrogen and oxygen atoms in total. The highest BCUT2D eigenvalue weighted by molar-refractivity contribution is 5.85. The maximum Gasteiger partial charge on any atom is 0.331 e. The van der Waals surface area contributed by atoms with E-state index in [1.54, 1.807) is 13.0 Å². The van der Waals surface area contributed by atoms with Crippen LogP contribution in [-0.2, 0) is 19.0 Å². The third-order valence-corrected chi connectivity index (χ3v) is 12.0. The van der Waals surface area contributed by atoms with Crippen molar-refractivity contribution in [2.75, 3.05) is 6.61 Å². The second-order valence-corrected chi connectivity index (χ2v) is 13.4. The van der Waals surface area contributed by atoms with E-state index in [9.17, 15) is 20.1 Å². The molecule has 3 N–H and O–H groups in total. The molecule has 4 aliphatic carbocycles. The molecule has 1 saturated heterocycles. The molecule has 7 heteroatoms. The van der Waals surface area contributed by atoms with E-state index in [1.165, 1.54) is 0 Å². The molecule has 0 bridgehead atoms. The lowest BCUT2D eigenvalue weighted by molar-refractivity contribution is -0.270. The van der Waals surface area contributed by atoms with Crippen molar-refractivity contribution in [1.29, 1.82) is 0 Å². The number of cyclic esters (lactones) is 1. The van der Waals surface area contributed by atoms with Gasteiger partial charge >= 0.3 is 5.97 Å². The molecular weight excluding hydrogens is 460 g/mol. The van der Waals surface area contributed by atoms with Gasteiger partial charge in [0.15, 0.2) is 6.29 Å². The fourth-order valence-electron chi connectivity index (χ4n) is 9.82. The summed E-state index contributed by atoms with van der Waals surface area (Å²) in [5, 5.41) is 32.5. The number of carbonyl (C=O) groups is 1. The molecule has 12 atom stereocenters. The number of rotatable bonds is 3. The Bertz CT molecular complexity index is 907. The number of aliphatic hydroxyl groups is 3. The third kappa shape index (κ3) is 3.67. The van der Waals surface area contributed by atoms with Gasteiger partial charge in [0.25, 0.3) is 0 Å². The number of aliphatic hydroxyl groups excluding tert-OH is 2. The predicted octanol–water partition coefficient (Wildman–Crippen LogP) is 3.49. The lowest BCUT2D eigenvalue weighted by Crippen LogP contribution is -2.62. The number of esters is 1. The number of ether oxygens (including phenoxy) is 3. The van der Waals surface area contributed by atoms with Crippen molar-refractivity contribution >= 4 is 5.97 Å². The van der Waals surface area contributed by atoms with Crippen molar-refractivity contribution in [2.45, 2.75) is 121 Å². The first-order valence-electron chi connectivity index (χ1n) is 14.3. The van der Waals surface area contributed by atoms with Gasteiger partial charge in [0.1, 0.15) is 12.7 Å². The van der Waals surface area contributed by atoms with E-state index in [0.717, 1.165) is 63.4 Å². The second-order valence-electron chi connectivity index (χ2n) is 13.4. The Morgan fingerprint density at radius 3 is 2.53 bits per heavy atom. The van der Waals surface area contributed by atoms with E-state index in [0.29, 0.717) is 30.8 Å². The average Bonchev–Trinajstić information content (AvgIpc) is 3.37. The first-order chi connectivity index (χ1) is 17.0. The Morgan fingerprint density at radius 1 is 1.00 bits per heavy atom. The Balaban J connectivity index is 1.15. The van der Waals surface area contributed by atoms with Crippen LogP contribution in [0.25, 0.3) is 0 Å². The van der Waals surface area contributed by atoms with Crippen LogP contribution in [0.2, 0.25) is 0 Å². The van der Waals surface area contributed by atoms with Crippen LogP contribution in [0.5, 0.6) is 0 Å². The van der Waals surface area contributed by atoms with Gasteiger partial charge in [0, 0.05) is 17.9 Å². The summed E-state index contributed by atoms with van der Waals surface area (Å²) in [6, 6.07) is 0. The average molecular weight is 505 g/mol. The maximum atomic E-state index is 12.4. The van der Waals surface area contributed by atoms with Gasteiger partial charge in [-0.05, 0) is 99.4 Å². The van der Waals surface area contributed by atoms with E-state index in [4.69, 9.17) is 14.2 Å². The van der Waals surface area contributed by atoms with Crippen LogP contribution in [0.4, 0.5) is 0 Å². The monoisotopic (exact) mass is 504 g/mol. The van der Waals surface area contributed by atoms with E-state index in [-0.39, 0.29) is 28.8 Å². The van der Waals surface area contributed by atoms with Gasteiger partial charge in [-0.25, -0.2) is 4.79 Å². The Kier molecular flexibility index (Phi) is 6.16. The highest BCUT2D eigenvalue weighted by Crippen LogP contribution is 2.70. The van der Waals surface area contributed by atoms with E-state index in [1.807, 2.05) is 0 Å². The quantitative estimate of drug-likeness (QED) is 0.399. The van der Waals surface area contributed by atoms with Crippen LogP contribution in [0, 0.1) is 34.5 Å². The number of hydrogen-bond acceptors (Lipinski definition) is 7. The van der Waals surface area contributed by atoms with Crippen molar-refractivity contribution < 1.29 is 34.3 Å². The molecule has 0 radical (unpaired) electrons. The highest BCUT2D eigenvalue weighted by atomic mass is 16.7. The summed E-state index contributed by atoms with van der Waals surface area (Å²) in [7, 11) is 0. The van der Waals surface area contributed by atoms with Crippen LogP contribution >= 0.6 is 0 Å². The van der Waals surface area contributed by atoms with E-state index < -0.39 is 30.2 Å². The van der Waals surface area contributed by atoms with E-state index in [2.05, 4.69) is 13.8 Å². The van der Waals surface area contributed by atoms with Crippen molar-refractivity contribution in [1.82, 2.24) is 0 Å². The van der Waals surface area contributed by atoms with Gasteiger partial charge in [-0.15, -0.1) is 0 Å². The SMILES string of the molecule is CC1O[C@@H](O[C@H]2CC[C@]3(C)C4CC[C@]5(C)[C@@H](C6=CC(=O)OC6)CC[C@]5(O)C4CC[C@@H]3C2)C[C@@H](O)[C@H]1O. The molecule has 0 aromatic heterocycles. The van der Waals surface area contributed by atoms with Gasteiger partial charge < -0.3 is 29.5 Å². The van der Waals surface area contributed by atoms with Crippen LogP contribution in [-0.4, -0.2) is 64.2 Å². The fourth-order valence-corrected chi connectivity index (χ4v) is 9.82. The van der Waals surface area contributed by atoms with Crippen molar-refractivity contribution in [3.63, 3.8) is 0 Å². The molecular formula is C29H44O7. The summed E-state index contributed by atoms with van der Waals surface area (Å²) < 4.78 is 17.4. The summed E-state index contributed by atoms with van der Waals surface area (Å²) in [6.45, 7) is 6.92. The molecule has 6 aliphatic rings. The fraction of sp³-hybridized carbons (Fsp3) is 0.897. The summed E-state index contributed by atoms with van der Waals surface area (Å²) >= 11 is 0. The molecule has 2 heterocycles. The van der Waals surface area contributed by atoms with Gasteiger partial charge in [0.05, 0.1) is 23.9 Å². The minimum Gasteiger partial charge on any atom is -0.458 e. The lowest BCUT2D eigenvalue weighted by Gasteiger charge is -2.63. The Hall–Kier alpha value is -0.990. The zero-order chi connectivity index (χ0) is 25.5. The maximum absolute atomic E-state index is 12.4. The summed E-state index contributed by atoms with van der Waals surface area (Å²) in [5.74, 6) is 1.37. The van der Waals surface area contributed by atoms with E-state index >= 15 is 0 Å². The molecule has 0 spiro atoms. The lowest BCUT2D eigenvalue weighted by atomic mass is 9.43. The van der Waals surface area contributed by atoms with Crippen LogP contribution < -0.4 is 0 Å². The Labute approximate surface area is 214 Å². The normalized spacial score (nSPS) is 54.8. The first kappa shape index (κ1) is 25.3. The molecule has 6 rings (SSSR count). The van der Waals surface area contributed by atoms with Crippen LogP contribution in [0.1, 0.15) is 85.0 Å². The van der Waals surface area contributed by atoms with Gasteiger partial charge in [-0.2, -0.15) is 0 Å². The Morgan fingerprint density at radius 2 is 1.81 bits per heavy atom. The van der Waals surface area contributed by atoms with Gasteiger partial charge in [0.2, 0.25) is 0 Å². The highest BCUT2D eigenvalue weighted by Gasteiger charge is 2.67. The summed E-state index contributed by atoms with van der Waals surface area (Å²) in [4.78, 5) is 11.8. The minimum atomic E-state index is -0.856. The second kappa shape index (κ2) is 8.77. The van der Waals surface area contributed by atoms with Crippen molar-refractivity contribution in [2.24, 2.45) is 34.5 Å². The number of carbonyl (C=O) groups excluding carboxylic acids is 1. The predicted molar refractivity (Wildman–Crippen MR) is 132 cm³/mol. The number of hydrogen-bond donors (Lipinski definition) is 3. The van der Waals surface area contributed by atoms with Gasteiger partial charge in [-0.1, -0.05) is 13.8 Å². The minimum absolute atomic E-state index is 0.110.